The number of alkyl halides is 3. The summed E-state index contributed by atoms with van der Waals surface area (Å²) in [6.07, 6.45) is -3.84. The zero-order valence-electron chi connectivity index (χ0n) is 15.2. The van der Waals surface area contributed by atoms with Crippen molar-refractivity contribution in [3.8, 4) is 17.6 Å². The molecule has 3 rings (SSSR count). The van der Waals surface area contributed by atoms with Crippen LogP contribution in [0.25, 0.3) is 6.08 Å². The minimum atomic E-state index is -5.03. The van der Waals surface area contributed by atoms with Gasteiger partial charge in [0.1, 0.15) is 24.9 Å². The average Bonchev–Trinajstić information content (AvgIpc) is 2.71. The second-order valence-corrected chi connectivity index (χ2v) is 6.06. The Kier molecular flexibility index (Phi) is 5.92. The highest BCUT2D eigenvalue weighted by atomic mass is 19.4. The maximum absolute atomic E-state index is 12.4. The Bertz CT molecular complexity index is 1060. The van der Waals surface area contributed by atoms with Gasteiger partial charge in [0.05, 0.1) is 0 Å². The molecule has 2 aromatic carbocycles. The Hall–Kier alpha value is -4.00. The van der Waals surface area contributed by atoms with Crippen molar-refractivity contribution in [2.75, 3.05) is 23.8 Å². The highest BCUT2D eigenvalue weighted by Crippen LogP contribution is 2.32. The number of benzene rings is 2. The van der Waals surface area contributed by atoms with Gasteiger partial charge in [-0.2, -0.15) is 18.4 Å². The van der Waals surface area contributed by atoms with Crippen LogP contribution in [0.2, 0.25) is 0 Å². The lowest BCUT2D eigenvalue weighted by Gasteiger charge is -2.18. The molecule has 0 saturated carbocycles. The second kappa shape index (κ2) is 8.57. The largest absolute Gasteiger partial charge is 0.486 e. The van der Waals surface area contributed by atoms with Gasteiger partial charge in [-0.25, -0.2) is 0 Å². The quantitative estimate of drug-likeness (QED) is 0.586. The first-order valence-electron chi connectivity index (χ1n) is 8.57. The van der Waals surface area contributed by atoms with Gasteiger partial charge in [0.25, 0.3) is 5.91 Å². The molecule has 0 bridgehead atoms. The van der Waals surface area contributed by atoms with Gasteiger partial charge in [0, 0.05) is 17.4 Å². The monoisotopic (exact) mass is 417 g/mol. The normalized spacial score (nSPS) is 13.2. The van der Waals surface area contributed by atoms with E-state index in [0.717, 1.165) is 0 Å². The Labute approximate surface area is 168 Å². The fraction of sp³-hybridized carbons (Fsp3) is 0.150. The number of rotatable bonds is 4. The van der Waals surface area contributed by atoms with Crippen LogP contribution in [0.3, 0.4) is 0 Å². The van der Waals surface area contributed by atoms with Crippen LogP contribution in [0.5, 0.6) is 11.5 Å². The molecule has 2 N–H and O–H groups in total. The topological polar surface area (TPSA) is 100 Å². The third-order valence-electron chi connectivity index (χ3n) is 3.88. The molecule has 0 fully saturated rings. The predicted molar refractivity (Wildman–Crippen MR) is 101 cm³/mol. The lowest BCUT2D eigenvalue weighted by molar-refractivity contribution is -0.167. The maximum Gasteiger partial charge on any atom is 0.471 e. The van der Waals surface area contributed by atoms with E-state index in [4.69, 9.17) is 9.47 Å². The van der Waals surface area contributed by atoms with Gasteiger partial charge in [-0.1, -0.05) is 12.1 Å². The molecule has 0 atom stereocenters. The van der Waals surface area contributed by atoms with E-state index in [9.17, 15) is 28.0 Å². The van der Waals surface area contributed by atoms with Gasteiger partial charge in [0.15, 0.2) is 11.5 Å². The molecule has 2 amide bonds. The van der Waals surface area contributed by atoms with Crippen molar-refractivity contribution in [2.24, 2.45) is 0 Å². The minimum absolute atomic E-state index is 0.129. The van der Waals surface area contributed by atoms with Gasteiger partial charge < -0.3 is 20.1 Å². The number of amides is 2. The molecule has 0 aliphatic carbocycles. The van der Waals surface area contributed by atoms with E-state index in [1.807, 2.05) is 0 Å². The van der Waals surface area contributed by atoms with Crippen LogP contribution in [0, 0.1) is 11.3 Å². The van der Waals surface area contributed by atoms with Crippen LogP contribution in [0.4, 0.5) is 24.5 Å². The summed E-state index contributed by atoms with van der Waals surface area (Å²) in [5, 5.41) is 13.6. The number of ether oxygens (including phenoxy) is 2. The summed E-state index contributed by atoms with van der Waals surface area (Å²) in [4.78, 5) is 23.5. The van der Waals surface area contributed by atoms with E-state index in [1.54, 1.807) is 29.6 Å². The molecule has 1 aliphatic rings. The van der Waals surface area contributed by atoms with E-state index in [0.29, 0.717) is 30.4 Å². The lowest BCUT2D eigenvalue weighted by Crippen LogP contribution is -2.29. The van der Waals surface area contributed by atoms with Crippen LogP contribution in [-0.2, 0) is 9.59 Å². The Morgan fingerprint density at radius 2 is 1.70 bits per heavy atom. The first-order chi connectivity index (χ1) is 14.3. The molecule has 7 nitrogen and oxygen atoms in total. The van der Waals surface area contributed by atoms with E-state index in [1.165, 1.54) is 30.3 Å². The van der Waals surface area contributed by atoms with Crippen molar-refractivity contribution < 1.29 is 32.2 Å². The molecular formula is C20H14F3N3O4. The van der Waals surface area contributed by atoms with Crippen LogP contribution >= 0.6 is 0 Å². The molecule has 10 heteroatoms. The third-order valence-corrected chi connectivity index (χ3v) is 3.88. The van der Waals surface area contributed by atoms with E-state index in [-0.39, 0.29) is 16.8 Å². The zero-order chi connectivity index (χ0) is 21.7. The number of hydrogen-bond acceptors (Lipinski definition) is 5. The van der Waals surface area contributed by atoms with Crippen molar-refractivity contribution in [1.29, 1.82) is 5.26 Å². The second-order valence-electron chi connectivity index (χ2n) is 6.06. The molecule has 1 heterocycles. The molecule has 0 unspecified atom stereocenters. The van der Waals surface area contributed by atoms with Gasteiger partial charge in [-0.05, 0) is 35.9 Å². The molecule has 0 radical (unpaired) electrons. The summed E-state index contributed by atoms with van der Waals surface area (Å²) < 4.78 is 48.0. The summed E-state index contributed by atoms with van der Waals surface area (Å²) in [5.41, 5.74) is 0.209. The Morgan fingerprint density at radius 1 is 1.00 bits per heavy atom. The number of anilines is 2. The molecule has 30 heavy (non-hydrogen) atoms. The van der Waals surface area contributed by atoms with Crippen LogP contribution in [0.15, 0.2) is 48.0 Å². The molecule has 154 valence electrons. The first kappa shape index (κ1) is 20.7. The highest BCUT2D eigenvalue weighted by molar-refractivity contribution is 6.09. The number of nitrogens with zero attached hydrogens (tertiary/aromatic N) is 1. The van der Waals surface area contributed by atoms with E-state index in [2.05, 4.69) is 5.32 Å². The average molecular weight is 417 g/mol. The van der Waals surface area contributed by atoms with Gasteiger partial charge in [-0.15, -0.1) is 0 Å². The summed E-state index contributed by atoms with van der Waals surface area (Å²) in [6.45, 7) is 0.789. The first-order valence-corrected chi connectivity index (χ1v) is 8.57. The molecular weight excluding hydrogens is 403 g/mol. The van der Waals surface area contributed by atoms with Crippen molar-refractivity contribution in [3.63, 3.8) is 0 Å². The van der Waals surface area contributed by atoms with Crippen LogP contribution in [-0.4, -0.2) is 31.2 Å². The Balaban J connectivity index is 1.75. The number of carbonyl (C=O) groups is 2. The predicted octanol–water partition coefficient (Wildman–Crippen LogP) is 3.50. The Morgan fingerprint density at radius 3 is 2.40 bits per heavy atom. The maximum atomic E-state index is 12.4. The SMILES string of the molecule is N#C/C(=C\c1cccc(NC(=O)C(F)(F)F)c1)C(=O)Nc1ccc2c(c1)OCCO2. The minimum Gasteiger partial charge on any atom is -0.486 e. The molecule has 2 aromatic rings. The summed E-state index contributed by atoms with van der Waals surface area (Å²) in [7, 11) is 0. The van der Waals surface area contributed by atoms with E-state index >= 15 is 0 Å². The van der Waals surface area contributed by atoms with Gasteiger partial charge >= 0.3 is 12.1 Å². The van der Waals surface area contributed by atoms with Crippen molar-refractivity contribution in [1.82, 2.24) is 0 Å². The van der Waals surface area contributed by atoms with Crippen molar-refractivity contribution >= 4 is 29.3 Å². The fourth-order valence-electron chi connectivity index (χ4n) is 2.54. The van der Waals surface area contributed by atoms with Crippen molar-refractivity contribution in [2.45, 2.75) is 6.18 Å². The number of nitrogens with one attached hydrogen (secondary N) is 2. The number of nitriles is 1. The molecule has 0 spiro atoms. The van der Waals surface area contributed by atoms with Crippen LogP contribution in [0.1, 0.15) is 5.56 Å². The van der Waals surface area contributed by atoms with E-state index < -0.39 is 18.0 Å². The molecule has 0 saturated heterocycles. The molecule has 0 aromatic heterocycles. The molecule has 1 aliphatic heterocycles. The standard InChI is InChI=1S/C20H14F3N3O4/c21-20(22,23)19(28)26-14-3-1-2-12(9-14)8-13(11-24)18(27)25-15-4-5-16-17(10-15)30-7-6-29-16/h1-5,8-10H,6-7H2,(H,25,27)(H,26,28)/b13-8+. The summed E-state index contributed by atoms with van der Waals surface area (Å²) >= 11 is 0. The summed E-state index contributed by atoms with van der Waals surface area (Å²) in [6, 6.07) is 11.8. The fourth-order valence-corrected chi connectivity index (χ4v) is 2.54. The van der Waals surface area contributed by atoms with Gasteiger partial charge in [0.2, 0.25) is 0 Å². The number of carbonyl (C=O) groups excluding carboxylic acids is 2. The number of halogens is 3. The highest BCUT2D eigenvalue weighted by Gasteiger charge is 2.38. The summed E-state index contributed by atoms with van der Waals surface area (Å²) in [5.74, 6) is -1.86. The number of fused-ring (bicyclic) bond motifs is 1. The van der Waals surface area contributed by atoms with Crippen molar-refractivity contribution in [3.05, 3.63) is 53.6 Å². The lowest BCUT2D eigenvalue weighted by atomic mass is 10.1. The third kappa shape index (κ3) is 5.08. The number of hydrogen-bond donors (Lipinski definition) is 2. The van der Waals surface area contributed by atoms with Crippen LogP contribution < -0.4 is 20.1 Å². The van der Waals surface area contributed by atoms with Gasteiger partial charge in [-0.3, -0.25) is 9.59 Å². The zero-order valence-corrected chi connectivity index (χ0v) is 15.2. The smallest absolute Gasteiger partial charge is 0.471 e.